The standard InChI is InChI=1S/C10H10N2.BH3O3/c11-8-5-1-3-7-4-2-6-9(12)10(7)8;2-1(3)4/h1-6H,11-12H2;2-4H. The first-order valence-corrected chi connectivity index (χ1v) is 4.59. The van der Waals surface area contributed by atoms with Crippen molar-refractivity contribution < 1.29 is 15.1 Å². The van der Waals surface area contributed by atoms with Crippen LogP contribution in [0.25, 0.3) is 10.8 Å². The van der Waals surface area contributed by atoms with E-state index in [1.807, 2.05) is 36.4 Å². The van der Waals surface area contributed by atoms with Crippen molar-refractivity contribution in [1.29, 1.82) is 0 Å². The van der Waals surface area contributed by atoms with Crippen LogP contribution < -0.4 is 11.5 Å². The average molecular weight is 220 g/mol. The third-order valence-corrected chi connectivity index (χ3v) is 1.97. The summed E-state index contributed by atoms with van der Waals surface area (Å²) in [6.45, 7) is 0. The molecule has 7 N–H and O–H groups in total. The Labute approximate surface area is 93.1 Å². The topological polar surface area (TPSA) is 113 Å². The van der Waals surface area contributed by atoms with E-state index in [-0.39, 0.29) is 0 Å². The number of nitrogen functional groups attached to an aromatic ring is 2. The molecule has 0 saturated carbocycles. The summed E-state index contributed by atoms with van der Waals surface area (Å²) in [7, 11) is -2.17. The van der Waals surface area contributed by atoms with Gasteiger partial charge in [0, 0.05) is 16.8 Å². The van der Waals surface area contributed by atoms with Crippen LogP contribution in [0.4, 0.5) is 11.4 Å². The third-order valence-electron chi connectivity index (χ3n) is 1.97. The lowest BCUT2D eigenvalue weighted by Gasteiger charge is -2.03. The maximum atomic E-state index is 7.17. The summed E-state index contributed by atoms with van der Waals surface area (Å²) in [6.07, 6.45) is 0. The Morgan fingerprint density at radius 2 is 1.19 bits per heavy atom. The zero-order chi connectivity index (χ0) is 12.1. The minimum Gasteiger partial charge on any atom is -0.402 e. The fraction of sp³-hybridized carbons (Fsp3) is 0. The van der Waals surface area contributed by atoms with E-state index in [9.17, 15) is 0 Å². The summed E-state index contributed by atoms with van der Waals surface area (Å²) in [4.78, 5) is 0. The highest BCUT2D eigenvalue weighted by Crippen LogP contribution is 2.25. The quantitative estimate of drug-likeness (QED) is 0.315. The van der Waals surface area contributed by atoms with Gasteiger partial charge in [-0.25, -0.2) is 0 Å². The molecule has 5 nitrogen and oxygen atoms in total. The zero-order valence-electron chi connectivity index (χ0n) is 8.54. The molecule has 0 aliphatic heterocycles. The van der Waals surface area contributed by atoms with E-state index in [1.54, 1.807) is 0 Å². The van der Waals surface area contributed by atoms with Crippen LogP contribution >= 0.6 is 0 Å². The van der Waals surface area contributed by atoms with Crippen molar-refractivity contribution in [1.82, 2.24) is 0 Å². The molecule has 2 rings (SSSR count). The van der Waals surface area contributed by atoms with E-state index in [1.165, 1.54) is 0 Å². The van der Waals surface area contributed by atoms with Gasteiger partial charge in [0.1, 0.15) is 0 Å². The predicted molar refractivity (Wildman–Crippen MR) is 65.2 cm³/mol. The molecule has 0 atom stereocenters. The van der Waals surface area contributed by atoms with Crippen LogP contribution in [0, 0.1) is 0 Å². The number of nitrogens with two attached hydrogens (primary N) is 2. The predicted octanol–water partition coefficient (Wildman–Crippen LogP) is -0.0476. The molecule has 84 valence electrons. The van der Waals surface area contributed by atoms with Crippen molar-refractivity contribution in [2.45, 2.75) is 0 Å². The molecule has 6 heteroatoms. The highest BCUT2D eigenvalue weighted by Gasteiger charge is 1.99. The Hall–Kier alpha value is -1.76. The number of benzene rings is 2. The Morgan fingerprint density at radius 1 is 0.812 bits per heavy atom. The first-order chi connectivity index (χ1) is 7.52. The highest BCUT2D eigenvalue weighted by molar-refractivity contribution is 6.30. The lowest BCUT2D eigenvalue weighted by Crippen LogP contribution is -2.07. The molecule has 0 aliphatic carbocycles. The number of hydrogen-bond donors (Lipinski definition) is 5. The number of rotatable bonds is 0. The van der Waals surface area contributed by atoms with Crippen molar-refractivity contribution in [2.75, 3.05) is 11.5 Å². The van der Waals surface area contributed by atoms with Gasteiger partial charge in [-0.15, -0.1) is 0 Å². The second kappa shape index (κ2) is 5.36. The van der Waals surface area contributed by atoms with Crippen LogP contribution in [-0.4, -0.2) is 22.4 Å². The number of hydrogen-bond acceptors (Lipinski definition) is 5. The van der Waals surface area contributed by atoms with Crippen LogP contribution in [0.1, 0.15) is 0 Å². The second-order valence-corrected chi connectivity index (χ2v) is 3.14. The summed E-state index contributed by atoms with van der Waals surface area (Å²) in [5.41, 5.74) is 13.0. The number of fused-ring (bicyclic) bond motifs is 1. The van der Waals surface area contributed by atoms with E-state index in [4.69, 9.17) is 26.5 Å². The minimum atomic E-state index is -2.17. The van der Waals surface area contributed by atoms with Crippen molar-refractivity contribution in [3.8, 4) is 0 Å². The molecule has 0 heterocycles. The van der Waals surface area contributed by atoms with Crippen molar-refractivity contribution in [3.63, 3.8) is 0 Å². The molecule has 0 unspecified atom stereocenters. The van der Waals surface area contributed by atoms with E-state index in [0.717, 1.165) is 22.1 Å². The molecule has 0 saturated heterocycles. The van der Waals surface area contributed by atoms with Gasteiger partial charge >= 0.3 is 7.32 Å². The van der Waals surface area contributed by atoms with Crippen LogP contribution in [-0.2, 0) is 0 Å². The average Bonchev–Trinajstić information content (AvgIpc) is 2.17. The van der Waals surface area contributed by atoms with Crippen LogP contribution in [0.5, 0.6) is 0 Å². The molecule has 0 fully saturated rings. The van der Waals surface area contributed by atoms with Gasteiger partial charge < -0.3 is 26.5 Å². The van der Waals surface area contributed by atoms with Gasteiger partial charge in [0.05, 0.1) is 0 Å². The molecule has 0 spiro atoms. The fourth-order valence-corrected chi connectivity index (χ4v) is 1.40. The Balaban J connectivity index is 0.000000280. The van der Waals surface area contributed by atoms with Gasteiger partial charge in [-0.3, -0.25) is 0 Å². The first-order valence-electron chi connectivity index (χ1n) is 4.59. The molecule has 0 aliphatic rings. The molecule has 16 heavy (non-hydrogen) atoms. The minimum absolute atomic E-state index is 0.741. The largest absolute Gasteiger partial charge is 0.631 e. The second-order valence-electron chi connectivity index (χ2n) is 3.14. The Morgan fingerprint density at radius 3 is 1.50 bits per heavy atom. The van der Waals surface area contributed by atoms with E-state index >= 15 is 0 Å². The van der Waals surface area contributed by atoms with E-state index in [0.29, 0.717) is 0 Å². The normalized spacial score (nSPS) is 9.44. The smallest absolute Gasteiger partial charge is 0.402 e. The zero-order valence-corrected chi connectivity index (χ0v) is 8.54. The van der Waals surface area contributed by atoms with E-state index < -0.39 is 7.32 Å². The van der Waals surface area contributed by atoms with Crippen molar-refractivity contribution in [2.24, 2.45) is 0 Å². The SMILES string of the molecule is Nc1cccc2cccc(N)c12.OB(O)O. The van der Waals surface area contributed by atoms with Crippen molar-refractivity contribution in [3.05, 3.63) is 36.4 Å². The molecule has 2 aromatic rings. The van der Waals surface area contributed by atoms with Crippen LogP contribution in [0.3, 0.4) is 0 Å². The van der Waals surface area contributed by atoms with Gasteiger partial charge in [0.15, 0.2) is 0 Å². The maximum Gasteiger partial charge on any atom is 0.631 e. The highest BCUT2D eigenvalue weighted by atomic mass is 16.5. The molecule has 0 radical (unpaired) electrons. The summed E-state index contributed by atoms with van der Waals surface area (Å²) >= 11 is 0. The molecule has 0 bridgehead atoms. The van der Waals surface area contributed by atoms with Gasteiger partial charge in [0.25, 0.3) is 0 Å². The molecular weight excluding hydrogens is 207 g/mol. The number of anilines is 2. The summed E-state index contributed by atoms with van der Waals surface area (Å²) in [6, 6.07) is 11.6. The van der Waals surface area contributed by atoms with Crippen LogP contribution in [0.15, 0.2) is 36.4 Å². The Kier molecular flexibility index (Phi) is 4.13. The van der Waals surface area contributed by atoms with Gasteiger partial charge in [-0.05, 0) is 17.5 Å². The molecule has 0 amide bonds. The van der Waals surface area contributed by atoms with Gasteiger partial charge in [0.2, 0.25) is 0 Å². The van der Waals surface area contributed by atoms with Gasteiger partial charge in [-0.1, -0.05) is 24.3 Å². The van der Waals surface area contributed by atoms with E-state index in [2.05, 4.69) is 0 Å². The molecule has 2 aromatic carbocycles. The lowest BCUT2D eigenvalue weighted by molar-refractivity contribution is 0.278. The first kappa shape index (κ1) is 12.3. The van der Waals surface area contributed by atoms with Crippen LogP contribution in [0.2, 0.25) is 0 Å². The third kappa shape index (κ3) is 3.13. The lowest BCUT2D eigenvalue weighted by atomic mass is 10.1. The fourth-order valence-electron chi connectivity index (χ4n) is 1.40. The maximum absolute atomic E-state index is 7.17. The van der Waals surface area contributed by atoms with Crippen molar-refractivity contribution >= 4 is 29.5 Å². The Bertz CT molecular complexity index is 437. The van der Waals surface area contributed by atoms with Gasteiger partial charge in [-0.2, -0.15) is 0 Å². The monoisotopic (exact) mass is 220 g/mol. The molecular formula is C10H13BN2O3. The summed E-state index contributed by atoms with van der Waals surface area (Å²) in [5, 5.41) is 23.6. The summed E-state index contributed by atoms with van der Waals surface area (Å²) < 4.78 is 0. The molecule has 0 aromatic heterocycles. The summed E-state index contributed by atoms with van der Waals surface area (Å²) in [5.74, 6) is 0.